The van der Waals surface area contributed by atoms with Gasteiger partial charge in [-0.1, -0.05) is 13.8 Å². The highest BCUT2D eigenvalue weighted by atomic mass is 79.9. The summed E-state index contributed by atoms with van der Waals surface area (Å²) in [4.78, 5) is 24.4. The van der Waals surface area contributed by atoms with E-state index >= 15 is 0 Å². The standard InChI is InChI=1S/C14H17BrN2O5.C2H6/c1-5-22-14(19)12(17-16-2)13(18)8-6-9(15)11(21-4)7-10(8)20-3;1-2/h6-7,16H,5H2,1-4H3;1-2H3/b17-12-;. The summed E-state index contributed by atoms with van der Waals surface area (Å²) in [5, 5.41) is 3.71. The number of carbonyl (C=O) groups excluding carboxylic acids is 2. The van der Waals surface area contributed by atoms with Gasteiger partial charge in [-0.15, -0.1) is 0 Å². The fraction of sp³-hybridized carbons (Fsp3) is 0.438. The van der Waals surface area contributed by atoms with E-state index in [1.54, 1.807) is 13.0 Å². The maximum Gasteiger partial charge on any atom is 0.362 e. The Bertz CT molecular complexity index is 602. The Morgan fingerprint density at radius 2 is 1.75 bits per heavy atom. The number of halogens is 1. The smallest absolute Gasteiger partial charge is 0.362 e. The topological polar surface area (TPSA) is 86.2 Å². The van der Waals surface area contributed by atoms with Crippen molar-refractivity contribution in [1.29, 1.82) is 0 Å². The molecule has 0 amide bonds. The SMILES string of the molecule is CC.CCOC(=O)/C(=N\NC)C(=O)c1cc(Br)c(OC)cc1OC. The van der Waals surface area contributed by atoms with Gasteiger partial charge < -0.3 is 19.6 Å². The molecule has 1 aromatic rings. The van der Waals surface area contributed by atoms with E-state index in [0.29, 0.717) is 10.2 Å². The van der Waals surface area contributed by atoms with E-state index in [1.165, 1.54) is 27.3 Å². The zero-order chi connectivity index (χ0) is 18.7. The van der Waals surface area contributed by atoms with Crippen molar-refractivity contribution in [3.63, 3.8) is 0 Å². The average molecular weight is 403 g/mol. The second-order valence-electron chi connectivity index (χ2n) is 3.92. The first-order valence-corrected chi connectivity index (χ1v) is 8.17. The fourth-order valence-electron chi connectivity index (χ4n) is 1.67. The lowest BCUT2D eigenvalue weighted by atomic mass is 10.1. The second-order valence-corrected chi connectivity index (χ2v) is 4.77. The zero-order valence-corrected chi connectivity index (χ0v) is 16.3. The molecule has 0 fully saturated rings. The average Bonchev–Trinajstić information content (AvgIpc) is 2.60. The van der Waals surface area contributed by atoms with Crippen LogP contribution in [0.4, 0.5) is 0 Å². The molecule has 0 unspecified atom stereocenters. The van der Waals surface area contributed by atoms with Crippen LogP contribution < -0.4 is 14.9 Å². The van der Waals surface area contributed by atoms with Crippen molar-refractivity contribution < 1.29 is 23.8 Å². The number of methoxy groups -OCH3 is 2. The van der Waals surface area contributed by atoms with E-state index in [2.05, 4.69) is 26.5 Å². The third-order valence-electron chi connectivity index (χ3n) is 2.63. The van der Waals surface area contributed by atoms with Gasteiger partial charge in [-0.2, -0.15) is 5.10 Å². The molecule has 0 aliphatic rings. The van der Waals surface area contributed by atoms with Gasteiger partial charge in [0.25, 0.3) is 0 Å². The van der Waals surface area contributed by atoms with Gasteiger partial charge >= 0.3 is 5.97 Å². The van der Waals surface area contributed by atoms with Crippen LogP contribution in [0.25, 0.3) is 0 Å². The predicted molar refractivity (Wildman–Crippen MR) is 96.1 cm³/mol. The quantitative estimate of drug-likeness (QED) is 0.248. The Morgan fingerprint density at radius 3 is 2.21 bits per heavy atom. The minimum atomic E-state index is -0.809. The first-order chi connectivity index (χ1) is 11.5. The molecule has 0 aliphatic carbocycles. The summed E-state index contributed by atoms with van der Waals surface area (Å²) in [6.07, 6.45) is 0. The van der Waals surface area contributed by atoms with Crippen LogP contribution in [0.15, 0.2) is 21.7 Å². The number of Topliss-reactive ketones (excluding diaryl/α,β-unsaturated/α-hetero) is 1. The number of hydrogen-bond acceptors (Lipinski definition) is 7. The molecule has 1 rings (SSSR count). The van der Waals surface area contributed by atoms with E-state index in [4.69, 9.17) is 14.2 Å². The van der Waals surface area contributed by atoms with Gasteiger partial charge in [0.2, 0.25) is 11.5 Å². The van der Waals surface area contributed by atoms with E-state index in [0.717, 1.165) is 0 Å². The van der Waals surface area contributed by atoms with Crippen LogP contribution in [0.5, 0.6) is 11.5 Å². The fourth-order valence-corrected chi connectivity index (χ4v) is 2.17. The van der Waals surface area contributed by atoms with E-state index in [1.807, 2.05) is 13.8 Å². The Balaban J connectivity index is 0.00000254. The molecule has 1 aromatic carbocycles. The van der Waals surface area contributed by atoms with Gasteiger partial charge in [0.05, 0.1) is 30.9 Å². The number of ether oxygens (including phenoxy) is 3. The molecule has 0 heterocycles. The van der Waals surface area contributed by atoms with Gasteiger partial charge in [-0.3, -0.25) is 4.79 Å². The van der Waals surface area contributed by atoms with Gasteiger partial charge in [0.15, 0.2) is 0 Å². The largest absolute Gasteiger partial charge is 0.496 e. The molecule has 0 radical (unpaired) electrons. The van der Waals surface area contributed by atoms with Crippen molar-refractivity contribution in [2.45, 2.75) is 20.8 Å². The summed E-state index contributed by atoms with van der Waals surface area (Å²) in [6, 6.07) is 3.05. The highest BCUT2D eigenvalue weighted by Gasteiger charge is 2.27. The van der Waals surface area contributed by atoms with Crippen molar-refractivity contribution in [2.24, 2.45) is 5.10 Å². The molecular weight excluding hydrogens is 380 g/mol. The molecule has 1 N–H and O–H groups in total. The number of ketones is 1. The molecule has 0 spiro atoms. The Labute approximate surface area is 150 Å². The zero-order valence-electron chi connectivity index (χ0n) is 14.7. The summed E-state index contributed by atoms with van der Waals surface area (Å²) in [5.74, 6) is -0.668. The molecule has 134 valence electrons. The van der Waals surface area contributed by atoms with Crippen LogP contribution in [0.2, 0.25) is 0 Å². The highest BCUT2D eigenvalue weighted by molar-refractivity contribution is 9.10. The molecule has 0 saturated heterocycles. The Kier molecular flexibility index (Phi) is 10.4. The monoisotopic (exact) mass is 402 g/mol. The van der Waals surface area contributed by atoms with Gasteiger partial charge in [0.1, 0.15) is 11.5 Å². The van der Waals surface area contributed by atoms with Crippen molar-refractivity contribution in [1.82, 2.24) is 5.43 Å². The number of hydrogen-bond donors (Lipinski definition) is 1. The van der Waals surface area contributed by atoms with Gasteiger partial charge in [-0.05, 0) is 28.9 Å². The number of carbonyl (C=O) groups is 2. The molecule has 0 saturated carbocycles. The van der Waals surface area contributed by atoms with Crippen molar-refractivity contribution in [2.75, 3.05) is 27.9 Å². The molecule has 0 aliphatic heterocycles. The summed E-state index contributed by atoms with van der Waals surface area (Å²) in [7, 11) is 4.39. The molecule has 8 heteroatoms. The second kappa shape index (κ2) is 11.4. The minimum Gasteiger partial charge on any atom is -0.496 e. The predicted octanol–water partition coefficient (Wildman–Crippen LogP) is 2.81. The number of hydrazone groups is 1. The lowest BCUT2D eigenvalue weighted by molar-refractivity contribution is -0.134. The minimum absolute atomic E-state index is 0.137. The molecule has 0 atom stereocenters. The molecule has 24 heavy (non-hydrogen) atoms. The summed E-state index contributed by atoms with van der Waals surface area (Å²) < 4.78 is 15.7. The van der Waals surface area contributed by atoms with E-state index in [9.17, 15) is 9.59 Å². The van der Waals surface area contributed by atoms with E-state index in [-0.39, 0.29) is 23.6 Å². The van der Waals surface area contributed by atoms with Crippen LogP contribution in [0.3, 0.4) is 0 Å². The highest BCUT2D eigenvalue weighted by Crippen LogP contribution is 2.33. The first-order valence-electron chi connectivity index (χ1n) is 7.37. The maximum absolute atomic E-state index is 12.6. The first kappa shape index (κ1) is 21.9. The lowest BCUT2D eigenvalue weighted by Crippen LogP contribution is -2.29. The third-order valence-corrected chi connectivity index (χ3v) is 3.25. The number of rotatable bonds is 7. The summed E-state index contributed by atoms with van der Waals surface area (Å²) in [5.41, 5.74) is 2.22. The Hall–Kier alpha value is -2.09. The number of nitrogens with zero attached hydrogens (tertiary/aromatic N) is 1. The summed E-state index contributed by atoms with van der Waals surface area (Å²) in [6.45, 7) is 5.78. The van der Waals surface area contributed by atoms with Crippen LogP contribution in [0.1, 0.15) is 31.1 Å². The lowest BCUT2D eigenvalue weighted by Gasteiger charge is -2.12. The normalized spacial score (nSPS) is 10.2. The van der Waals surface area contributed by atoms with Crippen LogP contribution in [-0.4, -0.2) is 45.3 Å². The van der Waals surface area contributed by atoms with Crippen LogP contribution >= 0.6 is 15.9 Å². The summed E-state index contributed by atoms with van der Waals surface area (Å²) >= 11 is 3.29. The van der Waals surface area contributed by atoms with Gasteiger partial charge in [0, 0.05) is 13.1 Å². The van der Waals surface area contributed by atoms with Gasteiger partial charge in [-0.25, -0.2) is 4.79 Å². The van der Waals surface area contributed by atoms with Crippen molar-refractivity contribution >= 4 is 33.4 Å². The van der Waals surface area contributed by atoms with Crippen molar-refractivity contribution in [3.05, 3.63) is 22.2 Å². The molecule has 7 nitrogen and oxygen atoms in total. The number of esters is 1. The van der Waals surface area contributed by atoms with E-state index < -0.39 is 11.8 Å². The maximum atomic E-state index is 12.6. The molecular formula is C16H23BrN2O5. The molecule has 0 bridgehead atoms. The van der Waals surface area contributed by atoms with Crippen LogP contribution in [-0.2, 0) is 9.53 Å². The number of benzene rings is 1. The van der Waals surface area contributed by atoms with Crippen molar-refractivity contribution in [3.8, 4) is 11.5 Å². The van der Waals surface area contributed by atoms with Crippen LogP contribution in [0, 0.1) is 0 Å². The number of nitrogens with one attached hydrogen (secondary N) is 1. The third kappa shape index (κ3) is 5.52. The molecule has 0 aromatic heterocycles. The Morgan fingerprint density at radius 1 is 1.17 bits per heavy atom.